The molecule has 1 aliphatic rings. The molecular formula is C14H20FN3O. The van der Waals surface area contributed by atoms with E-state index < -0.39 is 5.82 Å². The number of anilines is 1. The van der Waals surface area contributed by atoms with Crippen molar-refractivity contribution in [2.45, 2.75) is 38.1 Å². The van der Waals surface area contributed by atoms with Crippen LogP contribution in [0, 0.1) is 5.82 Å². The van der Waals surface area contributed by atoms with E-state index in [1.54, 1.807) is 6.07 Å². The maximum absolute atomic E-state index is 13.9. The largest absolute Gasteiger partial charge is 0.409 e. The van der Waals surface area contributed by atoms with Crippen molar-refractivity contribution in [2.24, 2.45) is 10.9 Å². The van der Waals surface area contributed by atoms with Gasteiger partial charge in [0.05, 0.1) is 11.3 Å². The number of hydrogen-bond donors (Lipinski definition) is 2. The van der Waals surface area contributed by atoms with E-state index in [1.165, 1.54) is 25.3 Å². The highest BCUT2D eigenvalue weighted by molar-refractivity contribution is 6.02. The summed E-state index contributed by atoms with van der Waals surface area (Å²) in [4.78, 5) is 2.05. The normalized spacial score (nSPS) is 17.5. The van der Waals surface area contributed by atoms with Gasteiger partial charge in [-0.15, -0.1) is 0 Å². The van der Waals surface area contributed by atoms with Crippen molar-refractivity contribution in [1.29, 1.82) is 0 Å². The molecule has 104 valence electrons. The fourth-order valence-electron chi connectivity index (χ4n) is 2.78. The molecule has 1 fully saturated rings. The van der Waals surface area contributed by atoms with Crippen LogP contribution in [0.15, 0.2) is 23.4 Å². The zero-order chi connectivity index (χ0) is 13.8. The Labute approximate surface area is 112 Å². The Morgan fingerprint density at radius 2 is 2.05 bits per heavy atom. The van der Waals surface area contributed by atoms with Crippen LogP contribution in [0.2, 0.25) is 0 Å². The van der Waals surface area contributed by atoms with Gasteiger partial charge in [0.25, 0.3) is 0 Å². The van der Waals surface area contributed by atoms with Gasteiger partial charge in [-0.1, -0.05) is 30.5 Å². The zero-order valence-corrected chi connectivity index (χ0v) is 11.1. The lowest BCUT2D eigenvalue weighted by Gasteiger charge is -2.34. The molecule has 1 saturated carbocycles. The minimum Gasteiger partial charge on any atom is -0.409 e. The number of rotatable bonds is 3. The van der Waals surface area contributed by atoms with Crippen molar-refractivity contribution in [1.82, 2.24) is 0 Å². The fraction of sp³-hybridized carbons (Fsp3) is 0.500. The van der Waals surface area contributed by atoms with Crippen molar-refractivity contribution in [3.8, 4) is 0 Å². The molecule has 0 aromatic heterocycles. The number of halogens is 1. The lowest BCUT2D eigenvalue weighted by molar-refractivity contribution is 0.318. The quantitative estimate of drug-likeness (QED) is 0.382. The van der Waals surface area contributed by atoms with Gasteiger partial charge in [0.1, 0.15) is 5.82 Å². The lowest BCUT2D eigenvalue weighted by atomic mass is 9.93. The van der Waals surface area contributed by atoms with E-state index in [0.29, 0.717) is 11.7 Å². The van der Waals surface area contributed by atoms with Gasteiger partial charge in [-0.25, -0.2) is 4.39 Å². The highest BCUT2D eigenvalue weighted by Crippen LogP contribution is 2.29. The van der Waals surface area contributed by atoms with Gasteiger partial charge in [0.15, 0.2) is 5.84 Å². The number of benzene rings is 1. The van der Waals surface area contributed by atoms with Gasteiger partial charge in [0, 0.05) is 13.1 Å². The first kappa shape index (κ1) is 13.6. The first-order chi connectivity index (χ1) is 9.15. The Hall–Kier alpha value is -1.78. The van der Waals surface area contributed by atoms with Crippen molar-refractivity contribution >= 4 is 11.5 Å². The summed E-state index contributed by atoms with van der Waals surface area (Å²) in [5.41, 5.74) is 6.46. The summed E-state index contributed by atoms with van der Waals surface area (Å²) in [5, 5.41) is 11.7. The molecule has 0 radical (unpaired) electrons. The van der Waals surface area contributed by atoms with Crippen molar-refractivity contribution in [2.75, 3.05) is 11.9 Å². The van der Waals surface area contributed by atoms with Crippen LogP contribution in [0.1, 0.15) is 37.7 Å². The molecule has 0 bridgehead atoms. The van der Waals surface area contributed by atoms with E-state index >= 15 is 0 Å². The molecule has 0 saturated heterocycles. The summed E-state index contributed by atoms with van der Waals surface area (Å²) in [5.74, 6) is -0.647. The molecular weight excluding hydrogens is 245 g/mol. The van der Waals surface area contributed by atoms with Crippen molar-refractivity contribution in [3.05, 3.63) is 29.6 Å². The molecule has 1 aromatic carbocycles. The minimum atomic E-state index is -0.463. The molecule has 0 aliphatic heterocycles. The Bertz CT molecular complexity index is 470. The van der Waals surface area contributed by atoms with Gasteiger partial charge in [-0.05, 0) is 25.0 Å². The molecule has 1 aromatic rings. The third-order valence-electron chi connectivity index (χ3n) is 3.86. The molecule has 3 N–H and O–H groups in total. The average molecular weight is 265 g/mol. The second-order valence-electron chi connectivity index (χ2n) is 5.02. The van der Waals surface area contributed by atoms with E-state index in [0.717, 1.165) is 12.8 Å². The van der Waals surface area contributed by atoms with Crippen LogP contribution in [-0.4, -0.2) is 24.1 Å². The SMILES string of the molecule is CN(c1cccc(F)c1C(N)=NO)C1CCCCC1. The van der Waals surface area contributed by atoms with E-state index in [9.17, 15) is 4.39 Å². The molecule has 19 heavy (non-hydrogen) atoms. The Morgan fingerprint density at radius 1 is 1.37 bits per heavy atom. The summed E-state index contributed by atoms with van der Waals surface area (Å²) < 4.78 is 13.9. The lowest BCUT2D eigenvalue weighted by Crippen LogP contribution is -2.35. The summed E-state index contributed by atoms with van der Waals surface area (Å²) in [6.07, 6.45) is 5.86. The minimum absolute atomic E-state index is 0.179. The predicted molar refractivity (Wildman–Crippen MR) is 74.2 cm³/mol. The van der Waals surface area contributed by atoms with E-state index in [-0.39, 0.29) is 11.4 Å². The molecule has 0 spiro atoms. The van der Waals surface area contributed by atoms with Gasteiger partial charge in [0.2, 0.25) is 0 Å². The maximum atomic E-state index is 13.9. The van der Waals surface area contributed by atoms with Crippen LogP contribution >= 0.6 is 0 Å². The van der Waals surface area contributed by atoms with Gasteiger partial charge in [-0.2, -0.15) is 0 Å². The van der Waals surface area contributed by atoms with Gasteiger partial charge in [-0.3, -0.25) is 0 Å². The molecule has 0 unspecified atom stereocenters. The highest BCUT2D eigenvalue weighted by Gasteiger charge is 2.23. The van der Waals surface area contributed by atoms with Gasteiger partial charge < -0.3 is 15.8 Å². The summed E-state index contributed by atoms with van der Waals surface area (Å²) in [6.45, 7) is 0. The topological polar surface area (TPSA) is 61.8 Å². The van der Waals surface area contributed by atoms with Crippen molar-refractivity contribution < 1.29 is 9.60 Å². The smallest absolute Gasteiger partial charge is 0.175 e. The monoisotopic (exact) mass is 265 g/mol. The Kier molecular flexibility index (Phi) is 4.24. The number of nitrogens with two attached hydrogens (primary N) is 1. The predicted octanol–water partition coefficient (Wildman–Crippen LogP) is 2.69. The Balaban J connectivity index is 2.35. The maximum Gasteiger partial charge on any atom is 0.175 e. The molecule has 0 atom stereocenters. The second kappa shape index (κ2) is 5.91. The van der Waals surface area contributed by atoms with E-state index in [1.807, 2.05) is 13.1 Å². The first-order valence-electron chi connectivity index (χ1n) is 6.64. The third kappa shape index (κ3) is 2.80. The zero-order valence-electron chi connectivity index (χ0n) is 11.1. The summed E-state index contributed by atoms with van der Waals surface area (Å²) >= 11 is 0. The fourth-order valence-corrected chi connectivity index (χ4v) is 2.78. The van der Waals surface area contributed by atoms with Crippen molar-refractivity contribution in [3.63, 3.8) is 0 Å². The summed E-state index contributed by atoms with van der Waals surface area (Å²) in [6, 6.07) is 5.18. The molecule has 0 amide bonds. The molecule has 1 aliphatic carbocycles. The molecule has 2 rings (SSSR count). The van der Waals surface area contributed by atoms with Crippen LogP contribution in [0.25, 0.3) is 0 Å². The summed E-state index contributed by atoms with van der Waals surface area (Å²) in [7, 11) is 1.94. The molecule has 0 heterocycles. The van der Waals surface area contributed by atoms with Crippen LogP contribution in [0.4, 0.5) is 10.1 Å². The van der Waals surface area contributed by atoms with Crippen LogP contribution in [0.3, 0.4) is 0 Å². The number of oxime groups is 1. The number of amidine groups is 1. The second-order valence-corrected chi connectivity index (χ2v) is 5.02. The molecule has 4 nitrogen and oxygen atoms in total. The average Bonchev–Trinajstić information content (AvgIpc) is 2.46. The number of hydrogen-bond acceptors (Lipinski definition) is 3. The van der Waals surface area contributed by atoms with Crippen LogP contribution < -0.4 is 10.6 Å². The van der Waals surface area contributed by atoms with Crippen LogP contribution in [-0.2, 0) is 0 Å². The third-order valence-corrected chi connectivity index (χ3v) is 3.86. The first-order valence-corrected chi connectivity index (χ1v) is 6.64. The van der Waals surface area contributed by atoms with E-state index in [2.05, 4.69) is 10.1 Å². The molecule has 5 heteroatoms. The van der Waals surface area contributed by atoms with E-state index in [4.69, 9.17) is 10.9 Å². The van der Waals surface area contributed by atoms with Crippen LogP contribution in [0.5, 0.6) is 0 Å². The standard InChI is InChI=1S/C14H20FN3O/c1-18(10-6-3-2-4-7-10)12-9-5-8-11(15)13(12)14(16)17-19/h5,8-10,19H,2-4,6-7H2,1H3,(H2,16,17). The highest BCUT2D eigenvalue weighted by atomic mass is 19.1. The Morgan fingerprint density at radius 3 is 2.68 bits per heavy atom. The number of nitrogens with zero attached hydrogens (tertiary/aromatic N) is 2. The van der Waals surface area contributed by atoms with Gasteiger partial charge >= 0.3 is 0 Å².